The Balaban J connectivity index is 1.85. The highest BCUT2D eigenvalue weighted by molar-refractivity contribution is 5.94. The van der Waals surface area contributed by atoms with E-state index in [1.807, 2.05) is 25.1 Å². The second-order valence-corrected chi connectivity index (χ2v) is 5.50. The number of benzene rings is 1. The van der Waals surface area contributed by atoms with Crippen molar-refractivity contribution in [2.24, 2.45) is 0 Å². The minimum atomic E-state index is -0.697. The van der Waals surface area contributed by atoms with Gasteiger partial charge in [0.05, 0.1) is 5.56 Å². The molecule has 1 saturated carbocycles. The normalized spacial score (nSPS) is 14.0. The van der Waals surface area contributed by atoms with Crippen molar-refractivity contribution in [1.29, 1.82) is 0 Å². The van der Waals surface area contributed by atoms with Gasteiger partial charge in [-0.2, -0.15) is 4.39 Å². The summed E-state index contributed by atoms with van der Waals surface area (Å²) in [6.45, 7) is 2.53. The zero-order chi connectivity index (χ0) is 14.8. The number of nitrogens with zero attached hydrogens (tertiary/aromatic N) is 2. The van der Waals surface area contributed by atoms with Crippen LogP contribution in [0.4, 0.5) is 4.39 Å². The molecule has 0 N–H and O–H groups in total. The van der Waals surface area contributed by atoms with Crippen molar-refractivity contribution in [2.75, 3.05) is 0 Å². The quantitative estimate of drug-likeness (QED) is 0.807. The lowest BCUT2D eigenvalue weighted by Gasteiger charge is -2.23. The zero-order valence-corrected chi connectivity index (χ0v) is 11.9. The van der Waals surface area contributed by atoms with Crippen molar-refractivity contribution in [2.45, 2.75) is 32.4 Å². The topological polar surface area (TPSA) is 33.2 Å². The molecule has 1 aliphatic rings. The van der Waals surface area contributed by atoms with Crippen LogP contribution in [-0.2, 0) is 6.54 Å². The van der Waals surface area contributed by atoms with Gasteiger partial charge >= 0.3 is 0 Å². The van der Waals surface area contributed by atoms with E-state index < -0.39 is 5.95 Å². The highest BCUT2D eigenvalue weighted by Gasteiger charge is 2.34. The van der Waals surface area contributed by atoms with Crippen molar-refractivity contribution < 1.29 is 9.18 Å². The fourth-order valence-corrected chi connectivity index (χ4v) is 2.46. The minimum absolute atomic E-state index is 0.0528. The molecule has 0 aliphatic heterocycles. The molecule has 3 rings (SSSR count). The molecule has 1 heterocycles. The highest BCUT2D eigenvalue weighted by atomic mass is 19.1. The van der Waals surface area contributed by atoms with Crippen LogP contribution < -0.4 is 0 Å². The standard InChI is InChI=1S/C17H17FN2O/c1-12-4-2-5-13(10-12)11-20(14-7-8-14)17(21)15-6-3-9-19-16(15)18/h2-6,9-10,14H,7-8,11H2,1H3. The van der Waals surface area contributed by atoms with Gasteiger partial charge in [0.1, 0.15) is 0 Å². The van der Waals surface area contributed by atoms with Crippen LogP contribution in [0, 0.1) is 12.9 Å². The first-order valence-corrected chi connectivity index (χ1v) is 7.12. The third-order valence-electron chi connectivity index (χ3n) is 3.67. The van der Waals surface area contributed by atoms with Crippen molar-refractivity contribution in [1.82, 2.24) is 9.88 Å². The molecule has 108 valence electrons. The molecular weight excluding hydrogens is 267 g/mol. The summed E-state index contributed by atoms with van der Waals surface area (Å²) in [5, 5.41) is 0. The fourth-order valence-electron chi connectivity index (χ4n) is 2.46. The van der Waals surface area contributed by atoms with Crippen molar-refractivity contribution in [3.8, 4) is 0 Å². The Morgan fingerprint density at radius 1 is 1.33 bits per heavy atom. The molecule has 21 heavy (non-hydrogen) atoms. The lowest BCUT2D eigenvalue weighted by Crippen LogP contribution is -2.33. The summed E-state index contributed by atoms with van der Waals surface area (Å²) in [6.07, 6.45) is 3.33. The summed E-state index contributed by atoms with van der Waals surface area (Å²) in [6, 6.07) is 11.4. The lowest BCUT2D eigenvalue weighted by atomic mass is 10.1. The summed E-state index contributed by atoms with van der Waals surface area (Å²) < 4.78 is 13.7. The van der Waals surface area contributed by atoms with Gasteiger partial charge in [0, 0.05) is 18.8 Å². The maximum atomic E-state index is 13.7. The SMILES string of the molecule is Cc1cccc(CN(C(=O)c2cccnc2F)C2CC2)c1. The van der Waals surface area contributed by atoms with Crippen LogP contribution in [0.2, 0.25) is 0 Å². The predicted molar refractivity (Wildman–Crippen MR) is 78.3 cm³/mol. The fraction of sp³-hybridized carbons (Fsp3) is 0.294. The van der Waals surface area contributed by atoms with E-state index >= 15 is 0 Å². The van der Waals surface area contributed by atoms with E-state index in [2.05, 4.69) is 11.1 Å². The molecule has 0 bridgehead atoms. The number of halogens is 1. The number of aryl methyl sites for hydroxylation is 1. The Morgan fingerprint density at radius 2 is 2.14 bits per heavy atom. The molecule has 2 aromatic rings. The number of hydrogen-bond acceptors (Lipinski definition) is 2. The Bertz CT molecular complexity index is 667. The van der Waals surface area contributed by atoms with E-state index in [-0.39, 0.29) is 17.5 Å². The Kier molecular flexibility index (Phi) is 3.69. The first-order chi connectivity index (χ1) is 10.1. The van der Waals surface area contributed by atoms with Gasteiger partial charge in [-0.25, -0.2) is 4.98 Å². The van der Waals surface area contributed by atoms with Gasteiger partial charge in [-0.05, 0) is 37.5 Å². The molecule has 0 atom stereocenters. The molecule has 1 amide bonds. The number of pyridine rings is 1. The van der Waals surface area contributed by atoms with Crippen LogP contribution in [0.3, 0.4) is 0 Å². The Labute approximate surface area is 123 Å². The number of amides is 1. The van der Waals surface area contributed by atoms with Crippen LogP contribution in [0.1, 0.15) is 34.3 Å². The minimum Gasteiger partial charge on any atom is -0.331 e. The molecule has 0 saturated heterocycles. The lowest BCUT2D eigenvalue weighted by molar-refractivity contribution is 0.0724. The molecule has 1 fully saturated rings. The van der Waals surface area contributed by atoms with E-state index in [1.54, 1.807) is 11.0 Å². The van der Waals surface area contributed by atoms with Crippen LogP contribution >= 0.6 is 0 Å². The highest BCUT2D eigenvalue weighted by Crippen LogP contribution is 2.30. The Hall–Kier alpha value is -2.23. The third kappa shape index (κ3) is 3.10. The monoisotopic (exact) mass is 284 g/mol. The van der Waals surface area contributed by atoms with E-state index in [0.29, 0.717) is 6.54 Å². The maximum Gasteiger partial charge on any atom is 0.259 e. The molecule has 3 nitrogen and oxygen atoms in total. The van der Waals surface area contributed by atoms with E-state index in [9.17, 15) is 9.18 Å². The van der Waals surface area contributed by atoms with E-state index in [0.717, 1.165) is 24.0 Å². The van der Waals surface area contributed by atoms with E-state index in [4.69, 9.17) is 0 Å². The van der Waals surface area contributed by atoms with Gasteiger partial charge in [0.25, 0.3) is 5.91 Å². The largest absolute Gasteiger partial charge is 0.331 e. The summed E-state index contributed by atoms with van der Waals surface area (Å²) in [4.78, 5) is 17.9. The molecule has 0 radical (unpaired) electrons. The van der Waals surface area contributed by atoms with Crippen LogP contribution in [0.15, 0.2) is 42.6 Å². The van der Waals surface area contributed by atoms with Crippen molar-refractivity contribution in [3.63, 3.8) is 0 Å². The molecule has 4 heteroatoms. The van der Waals surface area contributed by atoms with Crippen LogP contribution in [0.5, 0.6) is 0 Å². The van der Waals surface area contributed by atoms with E-state index in [1.165, 1.54) is 12.3 Å². The summed E-state index contributed by atoms with van der Waals surface area (Å²) in [5.41, 5.74) is 2.28. The first-order valence-electron chi connectivity index (χ1n) is 7.12. The van der Waals surface area contributed by atoms with Gasteiger partial charge in [-0.15, -0.1) is 0 Å². The zero-order valence-electron chi connectivity index (χ0n) is 11.9. The number of hydrogen-bond donors (Lipinski definition) is 0. The molecule has 1 aliphatic carbocycles. The molecule has 1 aromatic carbocycles. The molecule has 0 unspecified atom stereocenters. The van der Waals surface area contributed by atoms with Crippen LogP contribution in [0.25, 0.3) is 0 Å². The van der Waals surface area contributed by atoms with Gasteiger partial charge in [0.2, 0.25) is 5.95 Å². The smallest absolute Gasteiger partial charge is 0.259 e. The Morgan fingerprint density at radius 3 is 2.81 bits per heavy atom. The number of rotatable bonds is 4. The predicted octanol–water partition coefficient (Wildman–Crippen LogP) is 3.33. The van der Waals surface area contributed by atoms with Crippen LogP contribution in [-0.4, -0.2) is 21.8 Å². The summed E-state index contributed by atoms with van der Waals surface area (Å²) in [7, 11) is 0. The van der Waals surface area contributed by atoms with Gasteiger partial charge < -0.3 is 4.90 Å². The first kappa shape index (κ1) is 13.7. The number of aromatic nitrogens is 1. The second-order valence-electron chi connectivity index (χ2n) is 5.50. The van der Waals surface area contributed by atoms with Crippen molar-refractivity contribution >= 4 is 5.91 Å². The third-order valence-corrected chi connectivity index (χ3v) is 3.67. The van der Waals surface area contributed by atoms with Gasteiger partial charge in [0.15, 0.2) is 0 Å². The maximum absolute atomic E-state index is 13.7. The summed E-state index contributed by atoms with van der Waals surface area (Å²) in [5.74, 6) is -0.970. The average Bonchev–Trinajstić information content (AvgIpc) is 3.29. The van der Waals surface area contributed by atoms with Gasteiger partial charge in [-0.1, -0.05) is 29.8 Å². The summed E-state index contributed by atoms with van der Waals surface area (Å²) >= 11 is 0. The number of carbonyl (C=O) groups excluding carboxylic acids is 1. The average molecular weight is 284 g/mol. The molecular formula is C17H17FN2O. The number of carbonyl (C=O) groups is 1. The molecule has 1 aromatic heterocycles. The molecule has 0 spiro atoms. The second kappa shape index (κ2) is 5.64. The van der Waals surface area contributed by atoms with Crippen molar-refractivity contribution in [3.05, 3.63) is 65.2 Å². The van der Waals surface area contributed by atoms with Gasteiger partial charge in [-0.3, -0.25) is 4.79 Å².